The van der Waals surface area contributed by atoms with Gasteiger partial charge in [0.15, 0.2) is 5.78 Å². The summed E-state index contributed by atoms with van der Waals surface area (Å²) in [6.45, 7) is 14.1. The molecule has 0 saturated heterocycles. The summed E-state index contributed by atoms with van der Waals surface area (Å²) in [4.78, 5) is 36.9. The van der Waals surface area contributed by atoms with Gasteiger partial charge in [-0.15, -0.1) is 0 Å². The monoisotopic (exact) mass is 527 g/mol. The number of rotatable bonds is 7. The lowest BCUT2D eigenvalue weighted by molar-refractivity contribution is -0.114. The van der Waals surface area contributed by atoms with Crippen LogP contribution in [0.15, 0.2) is 66.7 Å². The van der Waals surface area contributed by atoms with Crippen molar-refractivity contribution in [2.45, 2.75) is 59.3 Å². The highest BCUT2D eigenvalue weighted by molar-refractivity contribution is 6.07. The molecule has 0 aromatic heterocycles. The zero-order valence-electron chi connectivity index (χ0n) is 24.0. The number of carbonyl (C=O) groups excluding carboxylic acids is 3. The Morgan fingerprint density at radius 1 is 0.769 bits per heavy atom. The van der Waals surface area contributed by atoms with Crippen molar-refractivity contribution in [1.29, 1.82) is 0 Å². The maximum atomic E-state index is 13.2. The number of benzene rings is 3. The SMILES string of the molecule is COc1c(C(C)(C)C)cc(C(=O)C=Cc2ccc(C(=O)Oc3ccc(NC(C)=O)cc3)cc2)cc1C(C)(C)C. The first-order valence-electron chi connectivity index (χ1n) is 12.8. The fourth-order valence-electron chi connectivity index (χ4n) is 4.08. The molecular weight excluding hydrogens is 490 g/mol. The molecule has 0 unspecified atom stereocenters. The topological polar surface area (TPSA) is 81.7 Å². The molecule has 204 valence electrons. The highest BCUT2D eigenvalue weighted by atomic mass is 16.5. The molecule has 0 spiro atoms. The third-order valence-electron chi connectivity index (χ3n) is 6.15. The first-order valence-corrected chi connectivity index (χ1v) is 12.8. The molecular formula is C33H37NO5. The van der Waals surface area contributed by atoms with Crippen LogP contribution < -0.4 is 14.8 Å². The summed E-state index contributed by atoms with van der Waals surface area (Å²) in [5.74, 6) is 0.398. The highest BCUT2D eigenvalue weighted by Gasteiger charge is 2.28. The summed E-state index contributed by atoms with van der Waals surface area (Å²) in [7, 11) is 1.67. The van der Waals surface area contributed by atoms with Gasteiger partial charge in [0.1, 0.15) is 11.5 Å². The summed E-state index contributed by atoms with van der Waals surface area (Å²) in [6, 6.07) is 17.2. The maximum absolute atomic E-state index is 13.2. The second kappa shape index (κ2) is 11.7. The molecule has 0 aliphatic heterocycles. The van der Waals surface area contributed by atoms with Crippen LogP contribution in [0.3, 0.4) is 0 Å². The number of nitrogens with one attached hydrogen (secondary N) is 1. The number of esters is 1. The zero-order chi connectivity index (χ0) is 29.0. The van der Waals surface area contributed by atoms with Gasteiger partial charge in [-0.1, -0.05) is 59.8 Å². The molecule has 3 rings (SSSR count). The van der Waals surface area contributed by atoms with Crippen LogP contribution in [0.4, 0.5) is 5.69 Å². The Labute approximate surface area is 231 Å². The van der Waals surface area contributed by atoms with E-state index in [9.17, 15) is 14.4 Å². The van der Waals surface area contributed by atoms with E-state index in [1.807, 2.05) is 12.1 Å². The Morgan fingerprint density at radius 2 is 1.31 bits per heavy atom. The molecule has 39 heavy (non-hydrogen) atoms. The van der Waals surface area contributed by atoms with Crippen LogP contribution in [-0.2, 0) is 15.6 Å². The minimum atomic E-state index is -0.503. The van der Waals surface area contributed by atoms with Crippen molar-refractivity contribution in [3.63, 3.8) is 0 Å². The summed E-state index contributed by atoms with van der Waals surface area (Å²) < 4.78 is 11.2. The fourth-order valence-corrected chi connectivity index (χ4v) is 4.08. The van der Waals surface area contributed by atoms with Gasteiger partial charge in [0.2, 0.25) is 5.91 Å². The molecule has 0 fully saturated rings. The minimum absolute atomic E-state index is 0.111. The zero-order valence-corrected chi connectivity index (χ0v) is 24.0. The van der Waals surface area contributed by atoms with Gasteiger partial charge in [-0.25, -0.2) is 4.79 Å². The van der Waals surface area contributed by atoms with Gasteiger partial charge in [-0.05, 0) is 71.0 Å². The van der Waals surface area contributed by atoms with Gasteiger partial charge in [0.25, 0.3) is 0 Å². The Balaban J connectivity index is 1.76. The van der Waals surface area contributed by atoms with Crippen LogP contribution >= 0.6 is 0 Å². The fraction of sp³-hybridized carbons (Fsp3) is 0.303. The van der Waals surface area contributed by atoms with Crippen LogP contribution in [0.5, 0.6) is 11.5 Å². The number of amides is 1. The van der Waals surface area contributed by atoms with E-state index < -0.39 is 5.97 Å². The highest BCUT2D eigenvalue weighted by Crippen LogP contribution is 2.40. The summed E-state index contributed by atoms with van der Waals surface area (Å²) in [6.07, 6.45) is 3.28. The lowest BCUT2D eigenvalue weighted by atomic mass is 9.78. The van der Waals surface area contributed by atoms with E-state index in [-0.39, 0.29) is 22.5 Å². The molecule has 0 aliphatic rings. The molecule has 0 bridgehead atoms. The van der Waals surface area contributed by atoms with Crippen molar-refractivity contribution >= 4 is 29.4 Å². The lowest BCUT2D eigenvalue weighted by Crippen LogP contribution is -2.20. The summed E-state index contributed by atoms with van der Waals surface area (Å²) in [5, 5.41) is 2.66. The summed E-state index contributed by atoms with van der Waals surface area (Å²) in [5.41, 5.74) is 3.94. The Hall–Kier alpha value is -4.19. The van der Waals surface area contributed by atoms with E-state index in [0.717, 1.165) is 22.4 Å². The third-order valence-corrected chi connectivity index (χ3v) is 6.15. The van der Waals surface area contributed by atoms with E-state index >= 15 is 0 Å². The molecule has 0 heterocycles. The van der Waals surface area contributed by atoms with Gasteiger partial charge < -0.3 is 14.8 Å². The van der Waals surface area contributed by atoms with Crippen molar-refractivity contribution in [1.82, 2.24) is 0 Å². The van der Waals surface area contributed by atoms with Gasteiger partial charge in [0.05, 0.1) is 12.7 Å². The van der Waals surface area contributed by atoms with Crippen LogP contribution in [0.25, 0.3) is 6.08 Å². The second-order valence-corrected chi connectivity index (χ2v) is 11.5. The van der Waals surface area contributed by atoms with Crippen molar-refractivity contribution < 1.29 is 23.9 Å². The van der Waals surface area contributed by atoms with Crippen molar-refractivity contribution in [2.75, 3.05) is 12.4 Å². The van der Waals surface area contributed by atoms with Crippen molar-refractivity contribution in [2.24, 2.45) is 0 Å². The van der Waals surface area contributed by atoms with Gasteiger partial charge in [-0.2, -0.15) is 0 Å². The second-order valence-electron chi connectivity index (χ2n) is 11.5. The molecule has 1 amide bonds. The Bertz CT molecular complexity index is 1350. The van der Waals surface area contributed by atoms with E-state index in [1.54, 1.807) is 67.8 Å². The van der Waals surface area contributed by atoms with Crippen LogP contribution in [-0.4, -0.2) is 24.8 Å². The van der Waals surface area contributed by atoms with E-state index in [2.05, 4.69) is 46.9 Å². The van der Waals surface area contributed by atoms with E-state index in [4.69, 9.17) is 9.47 Å². The number of carbonyl (C=O) groups is 3. The smallest absolute Gasteiger partial charge is 0.343 e. The van der Waals surface area contributed by atoms with Gasteiger partial charge >= 0.3 is 5.97 Å². The Morgan fingerprint density at radius 3 is 1.77 bits per heavy atom. The van der Waals surface area contributed by atoms with E-state index in [0.29, 0.717) is 22.6 Å². The standard InChI is InChI=1S/C33H37NO5/c1-21(35)34-25-14-16-26(17-15-25)39-31(37)23-12-9-22(10-13-23)11-18-29(36)24-19-27(32(2,3)4)30(38-8)28(20-24)33(5,6)7/h9-20H,1-8H3,(H,34,35). The van der Waals surface area contributed by atoms with Crippen molar-refractivity contribution in [3.8, 4) is 11.5 Å². The van der Waals surface area contributed by atoms with Gasteiger partial charge in [-0.3, -0.25) is 9.59 Å². The van der Waals surface area contributed by atoms with Crippen LogP contribution in [0.2, 0.25) is 0 Å². The molecule has 0 saturated carbocycles. The number of hydrogen-bond acceptors (Lipinski definition) is 5. The molecule has 1 N–H and O–H groups in total. The quantitative estimate of drug-likeness (QED) is 0.150. The normalized spacial score (nSPS) is 11.8. The predicted molar refractivity (Wildman–Crippen MR) is 156 cm³/mol. The molecule has 6 nitrogen and oxygen atoms in total. The Kier molecular flexibility index (Phi) is 8.80. The van der Waals surface area contributed by atoms with Crippen molar-refractivity contribution in [3.05, 3.63) is 94.6 Å². The van der Waals surface area contributed by atoms with Gasteiger partial charge in [0, 0.05) is 29.3 Å². The number of allylic oxidation sites excluding steroid dienone is 1. The average molecular weight is 528 g/mol. The minimum Gasteiger partial charge on any atom is -0.496 e. The first kappa shape index (κ1) is 29.4. The predicted octanol–water partition coefficient (Wildman–Crippen LogP) is 7.36. The molecule has 0 atom stereocenters. The molecule has 0 radical (unpaired) electrons. The largest absolute Gasteiger partial charge is 0.496 e. The van der Waals surface area contributed by atoms with Crippen LogP contribution in [0.1, 0.15) is 85.9 Å². The number of methoxy groups -OCH3 is 1. The molecule has 0 aliphatic carbocycles. The molecule has 3 aromatic rings. The third kappa shape index (κ3) is 7.66. The molecule has 3 aromatic carbocycles. The molecule has 6 heteroatoms. The maximum Gasteiger partial charge on any atom is 0.343 e. The lowest BCUT2D eigenvalue weighted by Gasteiger charge is -2.29. The average Bonchev–Trinajstić information content (AvgIpc) is 2.86. The van der Waals surface area contributed by atoms with E-state index in [1.165, 1.54) is 6.92 Å². The number of ketones is 1. The number of ether oxygens (including phenoxy) is 2. The first-order chi connectivity index (χ1) is 18.2. The number of anilines is 1. The summed E-state index contributed by atoms with van der Waals surface area (Å²) >= 11 is 0. The number of hydrogen-bond donors (Lipinski definition) is 1. The van der Waals surface area contributed by atoms with Crippen LogP contribution in [0, 0.1) is 0 Å².